The average Bonchev–Trinajstić information content (AvgIpc) is 2.27. The van der Waals surface area contributed by atoms with Crippen LogP contribution < -0.4 is 5.32 Å². The number of benzene rings is 1. The lowest BCUT2D eigenvalue weighted by Crippen LogP contribution is -2.24. The minimum Gasteiger partial charge on any atom is -0.468 e. The predicted molar refractivity (Wildman–Crippen MR) is 69.4 cm³/mol. The van der Waals surface area contributed by atoms with E-state index in [-0.39, 0.29) is 10.8 Å². The van der Waals surface area contributed by atoms with Crippen LogP contribution >= 0.6 is 27.5 Å². The molecule has 0 aliphatic rings. The zero-order valence-corrected chi connectivity index (χ0v) is 11.4. The highest BCUT2D eigenvalue weighted by molar-refractivity contribution is 9.10. The van der Waals surface area contributed by atoms with Gasteiger partial charge in [0.25, 0.3) is 0 Å². The summed E-state index contributed by atoms with van der Waals surface area (Å²) >= 11 is 9.26. The number of halogens is 2. The Morgan fingerprint density at radius 2 is 2.31 bits per heavy atom. The Hall–Kier alpha value is -0.740. The van der Waals surface area contributed by atoms with Crippen molar-refractivity contribution in [2.75, 3.05) is 19.0 Å². The van der Waals surface area contributed by atoms with Gasteiger partial charge in [0.1, 0.15) is 4.83 Å². The Morgan fingerprint density at radius 1 is 1.62 bits per heavy atom. The van der Waals surface area contributed by atoms with Gasteiger partial charge in [-0.15, -0.1) is 0 Å². The van der Waals surface area contributed by atoms with Gasteiger partial charge in [0.05, 0.1) is 17.8 Å². The number of nitrogens with one attached hydrogen (secondary N) is 1. The topological polar surface area (TPSA) is 38.3 Å². The number of anilines is 1. The molecule has 0 fully saturated rings. The first kappa shape index (κ1) is 13.3. The molecule has 3 nitrogen and oxygen atoms in total. The Balaban J connectivity index is 2.64. The number of alkyl halides is 1. The minimum absolute atomic E-state index is 0.308. The van der Waals surface area contributed by atoms with E-state index in [1.807, 2.05) is 19.1 Å². The van der Waals surface area contributed by atoms with E-state index in [0.717, 1.165) is 11.3 Å². The SMILES string of the molecule is COC(=O)C(Br)CNc1c(C)cccc1Cl. The first-order chi connectivity index (χ1) is 7.56. The highest BCUT2D eigenvalue weighted by Gasteiger charge is 2.15. The highest BCUT2D eigenvalue weighted by atomic mass is 79.9. The summed E-state index contributed by atoms with van der Waals surface area (Å²) in [4.78, 5) is 10.8. The smallest absolute Gasteiger partial charge is 0.321 e. The molecule has 88 valence electrons. The molecule has 1 rings (SSSR count). The fourth-order valence-corrected chi connectivity index (χ4v) is 1.90. The van der Waals surface area contributed by atoms with Gasteiger partial charge in [0.2, 0.25) is 0 Å². The molecule has 0 heterocycles. The molecule has 0 amide bonds. The Kier molecular flexibility index (Phi) is 5.09. The van der Waals surface area contributed by atoms with Crippen LogP contribution in [0.5, 0.6) is 0 Å². The largest absolute Gasteiger partial charge is 0.468 e. The maximum Gasteiger partial charge on any atom is 0.321 e. The molecule has 1 aromatic carbocycles. The summed E-state index contributed by atoms with van der Waals surface area (Å²) in [6.45, 7) is 2.38. The van der Waals surface area contributed by atoms with Crippen molar-refractivity contribution in [2.24, 2.45) is 0 Å². The first-order valence-electron chi connectivity index (χ1n) is 4.77. The van der Waals surface area contributed by atoms with E-state index in [1.54, 1.807) is 6.07 Å². The zero-order valence-electron chi connectivity index (χ0n) is 9.09. The van der Waals surface area contributed by atoms with Gasteiger partial charge in [-0.05, 0) is 18.6 Å². The third-order valence-corrected chi connectivity index (χ3v) is 3.15. The summed E-state index contributed by atoms with van der Waals surface area (Å²) in [7, 11) is 1.36. The van der Waals surface area contributed by atoms with E-state index in [4.69, 9.17) is 11.6 Å². The lowest BCUT2D eigenvalue weighted by atomic mass is 10.2. The average molecular weight is 307 g/mol. The Bertz CT molecular complexity index is 364. The fourth-order valence-electron chi connectivity index (χ4n) is 1.26. The molecule has 0 aliphatic carbocycles. The standard InChI is InChI=1S/C11H13BrClNO2/c1-7-4-3-5-9(13)10(7)14-6-8(12)11(15)16-2/h3-5,8,14H,6H2,1-2H3. The number of carbonyl (C=O) groups is 1. The van der Waals surface area contributed by atoms with Crippen LogP contribution in [-0.4, -0.2) is 24.5 Å². The van der Waals surface area contributed by atoms with E-state index in [0.29, 0.717) is 11.6 Å². The van der Waals surface area contributed by atoms with Crippen molar-refractivity contribution in [3.63, 3.8) is 0 Å². The molecule has 1 aromatic rings. The molecule has 1 atom stereocenters. The summed E-state index contributed by atoms with van der Waals surface area (Å²) in [6, 6.07) is 5.64. The molecular weight excluding hydrogens is 293 g/mol. The van der Waals surface area contributed by atoms with E-state index >= 15 is 0 Å². The van der Waals surface area contributed by atoms with Gasteiger partial charge in [-0.3, -0.25) is 4.79 Å². The number of hydrogen-bond acceptors (Lipinski definition) is 3. The molecule has 0 aliphatic heterocycles. The van der Waals surface area contributed by atoms with Crippen LogP contribution in [0.15, 0.2) is 18.2 Å². The van der Waals surface area contributed by atoms with Crippen molar-refractivity contribution < 1.29 is 9.53 Å². The van der Waals surface area contributed by atoms with Crippen LogP contribution in [0.25, 0.3) is 0 Å². The molecule has 0 aromatic heterocycles. The third kappa shape index (κ3) is 3.39. The third-order valence-electron chi connectivity index (χ3n) is 2.14. The second-order valence-electron chi connectivity index (χ2n) is 3.30. The zero-order chi connectivity index (χ0) is 12.1. The summed E-state index contributed by atoms with van der Waals surface area (Å²) in [6.07, 6.45) is 0. The molecule has 0 bridgehead atoms. The molecule has 0 radical (unpaired) electrons. The van der Waals surface area contributed by atoms with Crippen LogP contribution in [0.4, 0.5) is 5.69 Å². The van der Waals surface area contributed by atoms with Gasteiger partial charge in [0, 0.05) is 6.54 Å². The van der Waals surface area contributed by atoms with Crippen molar-refractivity contribution in [2.45, 2.75) is 11.8 Å². The van der Waals surface area contributed by atoms with E-state index < -0.39 is 0 Å². The number of rotatable bonds is 4. The number of carbonyl (C=O) groups excluding carboxylic acids is 1. The molecule has 0 saturated carbocycles. The van der Waals surface area contributed by atoms with Gasteiger partial charge in [-0.25, -0.2) is 0 Å². The molecule has 0 spiro atoms. The molecule has 5 heteroatoms. The Labute approximate surface area is 108 Å². The number of esters is 1. The van der Waals surface area contributed by atoms with Crippen molar-refractivity contribution in [3.8, 4) is 0 Å². The van der Waals surface area contributed by atoms with E-state index in [9.17, 15) is 4.79 Å². The van der Waals surface area contributed by atoms with Crippen LogP contribution in [0.1, 0.15) is 5.56 Å². The molecule has 0 saturated heterocycles. The maximum absolute atomic E-state index is 11.2. The van der Waals surface area contributed by atoms with Gasteiger partial charge < -0.3 is 10.1 Å². The fraction of sp³-hybridized carbons (Fsp3) is 0.364. The van der Waals surface area contributed by atoms with E-state index in [1.165, 1.54) is 7.11 Å². The lowest BCUT2D eigenvalue weighted by Gasteiger charge is -2.13. The van der Waals surface area contributed by atoms with Crippen LogP contribution in [0.3, 0.4) is 0 Å². The van der Waals surface area contributed by atoms with Gasteiger partial charge in [-0.2, -0.15) is 0 Å². The van der Waals surface area contributed by atoms with Crippen molar-refractivity contribution in [3.05, 3.63) is 28.8 Å². The highest BCUT2D eigenvalue weighted by Crippen LogP contribution is 2.25. The van der Waals surface area contributed by atoms with Crippen LogP contribution in [0, 0.1) is 6.92 Å². The van der Waals surface area contributed by atoms with Crippen LogP contribution in [-0.2, 0) is 9.53 Å². The van der Waals surface area contributed by atoms with E-state index in [2.05, 4.69) is 26.0 Å². The summed E-state index contributed by atoms with van der Waals surface area (Å²) in [5.41, 5.74) is 1.88. The normalized spacial score (nSPS) is 12.0. The quantitative estimate of drug-likeness (QED) is 0.686. The van der Waals surface area contributed by atoms with Gasteiger partial charge in [-0.1, -0.05) is 39.7 Å². The number of ether oxygens (including phenoxy) is 1. The van der Waals surface area contributed by atoms with Gasteiger partial charge >= 0.3 is 5.97 Å². The summed E-state index contributed by atoms with van der Waals surface area (Å²) < 4.78 is 4.60. The number of aryl methyl sites for hydroxylation is 1. The Morgan fingerprint density at radius 3 is 2.88 bits per heavy atom. The number of methoxy groups -OCH3 is 1. The van der Waals surface area contributed by atoms with Crippen molar-refractivity contribution >= 4 is 39.2 Å². The lowest BCUT2D eigenvalue weighted by molar-refractivity contribution is -0.139. The second kappa shape index (κ2) is 6.11. The summed E-state index contributed by atoms with van der Waals surface area (Å²) in [5.74, 6) is -0.308. The van der Waals surface area contributed by atoms with Gasteiger partial charge in [0.15, 0.2) is 0 Å². The predicted octanol–water partition coefficient (Wildman–Crippen LogP) is 3.00. The number of para-hydroxylation sites is 1. The second-order valence-corrected chi connectivity index (χ2v) is 4.82. The molecule has 16 heavy (non-hydrogen) atoms. The summed E-state index contributed by atoms with van der Waals surface area (Å²) in [5, 5.41) is 3.76. The van der Waals surface area contributed by atoms with Crippen LogP contribution in [0.2, 0.25) is 5.02 Å². The maximum atomic E-state index is 11.2. The molecule has 1 N–H and O–H groups in total. The number of hydrogen-bond donors (Lipinski definition) is 1. The first-order valence-corrected chi connectivity index (χ1v) is 6.06. The monoisotopic (exact) mass is 305 g/mol. The van der Waals surface area contributed by atoms with Crippen molar-refractivity contribution in [1.29, 1.82) is 0 Å². The van der Waals surface area contributed by atoms with Crippen molar-refractivity contribution in [1.82, 2.24) is 0 Å². The molecular formula is C11H13BrClNO2. The molecule has 1 unspecified atom stereocenters. The minimum atomic E-state index is -0.381.